The van der Waals surface area contributed by atoms with E-state index < -0.39 is 5.97 Å². The number of para-hydroxylation sites is 2. The van der Waals surface area contributed by atoms with Gasteiger partial charge in [0.2, 0.25) is 0 Å². The average Bonchev–Trinajstić information content (AvgIpc) is 3.05. The lowest BCUT2D eigenvalue weighted by molar-refractivity contribution is 0.0698. The van der Waals surface area contributed by atoms with Crippen molar-refractivity contribution in [1.82, 2.24) is 0 Å². The van der Waals surface area contributed by atoms with E-state index in [-0.39, 0.29) is 5.56 Å². The number of rotatable bonds is 4. The number of benzene rings is 3. The fourth-order valence-corrected chi connectivity index (χ4v) is 3.54. The standard InChI is InChI=1S/C21H17ClN2O2/c22-18-6-2-4-8-20(18)24-12-14-9-10-16(11-15(14)13-24)23-19-7-3-1-5-17(19)21(25)26/h1-11,23H,12-13H2,(H,25,26). The summed E-state index contributed by atoms with van der Waals surface area (Å²) in [5, 5.41) is 13.3. The number of anilines is 3. The largest absolute Gasteiger partial charge is 0.478 e. The first-order valence-electron chi connectivity index (χ1n) is 8.32. The molecule has 4 rings (SSSR count). The number of carbonyl (C=O) groups is 1. The molecule has 0 bridgehead atoms. The molecule has 0 unspecified atom stereocenters. The van der Waals surface area contributed by atoms with Gasteiger partial charge in [0.25, 0.3) is 0 Å². The Hall–Kier alpha value is -2.98. The molecule has 0 amide bonds. The molecule has 0 fully saturated rings. The van der Waals surface area contributed by atoms with Crippen molar-refractivity contribution in [2.45, 2.75) is 13.1 Å². The molecule has 1 aliphatic heterocycles. The highest BCUT2D eigenvalue weighted by molar-refractivity contribution is 6.33. The molecule has 0 spiro atoms. The third-order valence-corrected chi connectivity index (χ3v) is 4.88. The maximum Gasteiger partial charge on any atom is 0.337 e. The molecule has 5 heteroatoms. The number of carboxylic acid groups (broad SMARTS) is 1. The normalized spacial score (nSPS) is 12.7. The van der Waals surface area contributed by atoms with Crippen molar-refractivity contribution in [3.63, 3.8) is 0 Å². The maximum absolute atomic E-state index is 11.4. The summed E-state index contributed by atoms with van der Waals surface area (Å²) in [6.07, 6.45) is 0. The van der Waals surface area contributed by atoms with E-state index in [1.54, 1.807) is 18.2 Å². The van der Waals surface area contributed by atoms with E-state index in [1.165, 1.54) is 11.1 Å². The number of halogens is 1. The quantitative estimate of drug-likeness (QED) is 0.659. The molecule has 26 heavy (non-hydrogen) atoms. The first kappa shape index (κ1) is 16.5. The topological polar surface area (TPSA) is 52.6 Å². The van der Waals surface area contributed by atoms with Crippen LogP contribution in [-0.4, -0.2) is 11.1 Å². The van der Waals surface area contributed by atoms with E-state index in [2.05, 4.69) is 22.3 Å². The zero-order valence-electron chi connectivity index (χ0n) is 13.9. The van der Waals surface area contributed by atoms with Crippen LogP contribution in [0.1, 0.15) is 21.5 Å². The minimum Gasteiger partial charge on any atom is -0.478 e. The van der Waals surface area contributed by atoms with Crippen LogP contribution in [0, 0.1) is 0 Å². The molecular weight excluding hydrogens is 348 g/mol. The van der Waals surface area contributed by atoms with Crippen molar-refractivity contribution in [2.24, 2.45) is 0 Å². The van der Waals surface area contributed by atoms with E-state index >= 15 is 0 Å². The second-order valence-corrected chi connectivity index (χ2v) is 6.67. The Labute approximate surface area is 156 Å². The lowest BCUT2D eigenvalue weighted by Gasteiger charge is -2.18. The highest BCUT2D eigenvalue weighted by Crippen LogP contribution is 2.34. The fourth-order valence-electron chi connectivity index (χ4n) is 3.28. The van der Waals surface area contributed by atoms with Gasteiger partial charge < -0.3 is 15.3 Å². The third-order valence-electron chi connectivity index (χ3n) is 4.56. The van der Waals surface area contributed by atoms with Crippen molar-refractivity contribution in [1.29, 1.82) is 0 Å². The third kappa shape index (κ3) is 3.11. The summed E-state index contributed by atoms with van der Waals surface area (Å²) in [6.45, 7) is 1.58. The van der Waals surface area contributed by atoms with Gasteiger partial charge in [-0.25, -0.2) is 4.79 Å². The molecule has 4 nitrogen and oxygen atoms in total. The number of nitrogens with zero attached hydrogens (tertiary/aromatic N) is 1. The Morgan fingerprint density at radius 3 is 2.50 bits per heavy atom. The van der Waals surface area contributed by atoms with Crippen molar-refractivity contribution < 1.29 is 9.90 Å². The number of fused-ring (bicyclic) bond motifs is 1. The highest BCUT2D eigenvalue weighted by atomic mass is 35.5. The Kier molecular flexibility index (Phi) is 4.27. The van der Waals surface area contributed by atoms with Crippen LogP contribution in [0.4, 0.5) is 17.1 Å². The predicted molar refractivity (Wildman–Crippen MR) is 104 cm³/mol. The number of aromatic carboxylic acids is 1. The lowest BCUT2D eigenvalue weighted by Crippen LogP contribution is -2.14. The molecule has 0 aliphatic carbocycles. The molecule has 0 saturated heterocycles. The summed E-state index contributed by atoms with van der Waals surface area (Å²) >= 11 is 6.32. The second-order valence-electron chi connectivity index (χ2n) is 6.27. The van der Waals surface area contributed by atoms with Gasteiger partial charge in [-0.3, -0.25) is 0 Å². The summed E-state index contributed by atoms with van der Waals surface area (Å²) in [5.41, 5.74) is 5.20. The van der Waals surface area contributed by atoms with Crippen LogP contribution in [-0.2, 0) is 13.1 Å². The first-order chi connectivity index (χ1) is 12.6. The molecule has 0 radical (unpaired) electrons. The molecule has 3 aromatic carbocycles. The average molecular weight is 365 g/mol. The van der Waals surface area contributed by atoms with Gasteiger partial charge in [-0.05, 0) is 47.5 Å². The molecular formula is C21H17ClN2O2. The van der Waals surface area contributed by atoms with Gasteiger partial charge in [-0.2, -0.15) is 0 Å². The summed E-state index contributed by atoms with van der Waals surface area (Å²) in [4.78, 5) is 13.6. The number of carboxylic acids is 1. The smallest absolute Gasteiger partial charge is 0.337 e. The van der Waals surface area contributed by atoms with Crippen molar-refractivity contribution in [2.75, 3.05) is 10.2 Å². The van der Waals surface area contributed by atoms with Gasteiger partial charge in [0.15, 0.2) is 0 Å². The van der Waals surface area contributed by atoms with Crippen LogP contribution in [0.3, 0.4) is 0 Å². The molecule has 1 heterocycles. The van der Waals surface area contributed by atoms with Gasteiger partial charge in [-0.1, -0.05) is 41.9 Å². The van der Waals surface area contributed by atoms with E-state index in [4.69, 9.17) is 11.6 Å². The predicted octanol–water partition coefficient (Wildman–Crippen LogP) is 5.30. The Balaban J connectivity index is 1.58. The van der Waals surface area contributed by atoms with Crippen LogP contribution in [0.15, 0.2) is 66.7 Å². The van der Waals surface area contributed by atoms with Crippen LogP contribution >= 0.6 is 11.6 Å². The van der Waals surface area contributed by atoms with Crippen molar-refractivity contribution in [3.05, 3.63) is 88.4 Å². The van der Waals surface area contributed by atoms with Crippen LogP contribution in [0.2, 0.25) is 5.02 Å². The summed E-state index contributed by atoms with van der Waals surface area (Å²) in [6, 6.07) is 20.9. The summed E-state index contributed by atoms with van der Waals surface area (Å²) in [5.74, 6) is -0.945. The second kappa shape index (κ2) is 6.73. The molecule has 3 aromatic rings. The molecule has 2 N–H and O–H groups in total. The Morgan fingerprint density at radius 1 is 0.962 bits per heavy atom. The zero-order valence-corrected chi connectivity index (χ0v) is 14.7. The minimum absolute atomic E-state index is 0.255. The van der Waals surface area contributed by atoms with Crippen molar-refractivity contribution in [3.8, 4) is 0 Å². The molecule has 1 aliphatic rings. The number of hydrogen-bond donors (Lipinski definition) is 2. The van der Waals surface area contributed by atoms with Gasteiger partial charge in [0.1, 0.15) is 0 Å². The zero-order chi connectivity index (χ0) is 18.1. The summed E-state index contributed by atoms with van der Waals surface area (Å²) < 4.78 is 0. The monoisotopic (exact) mass is 364 g/mol. The van der Waals surface area contributed by atoms with Crippen LogP contribution in [0.25, 0.3) is 0 Å². The lowest BCUT2D eigenvalue weighted by atomic mass is 10.1. The van der Waals surface area contributed by atoms with E-state index in [0.29, 0.717) is 5.69 Å². The van der Waals surface area contributed by atoms with E-state index in [1.807, 2.05) is 36.4 Å². The molecule has 130 valence electrons. The van der Waals surface area contributed by atoms with Gasteiger partial charge >= 0.3 is 5.97 Å². The number of nitrogens with one attached hydrogen (secondary N) is 1. The Bertz CT molecular complexity index is 987. The van der Waals surface area contributed by atoms with E-state index in [0.717, 1.165) is 29.5 Å². The SMILES string of the molecule is O=C(O)c1ccccc1Nc1ccc2c(c1)CN(c1ccccc1Cl)C2. The maximum atomic E-state index is 11.4. The Morgan fingerprint density at radius 2 is 1.69 bits per heavy atom. The molecule has 0 aromatic heterocycles. The van der Waals surface area contributed by atoms with Gasteiger partial charge in [0, 0.05) is 18.8 Å². The fraction of sp³-hybridized carbons (Fsp3) is 0.0952. The van der Waals surface area contributed by atoms with E-state index in [9.17, 15) is 9.90 Å². The van der Waals surface area contributed by atoms with Crippen LogP contribution in [0.5, 0.6) is 0 Å². The van der Waals surface area contributed by atoms with Crippen LogP contribution < -0.4 is 10.2 Å². The highest BCUT2D eigenvalue weighted by Gasteiger charge is 2.21. The van der Waals surface area contributed by atoms with Crippen molar-refractivity contribution >= 4 is 34.6 Å². The first-order valence-corrected chi connectivity index (χ1v) is 8.70. The molecule has 0 atom stereocenters. The molecule has 0 saturated carbocycles. The van der Waals surface area contributed by atoms with Gasteiger partial charge in [-0.15, -0.1) is 0 Å². The number of hydrogen-bond acceptors (Lipinski definition) is 3. The minimum atomic E-state index is -0.945. The van der Waals surface area contributed by atoms with Gasteiger partial charge in [0.05, 0.1) is 22.0 Å². The summed E-state index contributed by atoms with van der Waals surface area (Å²) in [7, 11) is 0.